The standard InChI is InChI=1S/C11H12N2OS/c12-11-13-7-10(15-11)9(14)6-8-4-2-1-3-5-8/h1-5,7,9,14H,6H2,(H2,12,13). The largest absolute Gasteiger partial charge is 0.387 e. The highest BCUT2D eigenvalue weighted by atomic mass is 32.1. The molecule has 1 aromatic carbocycles. The maximum atomic E-state index is 9.90. The van der Waals surface area contributed by atoms with E-state index in [-0.39, 0.29) is 0 Å². The highest BCUT2D eigenvalue weighted by Gasteiger charge is 2.11. The van der Waals surface area contributed by atoms with Crippen LogP contribution in [0.25, 0.3) is 0 Å². The predicted octanol–water partition coefficient (Wildman–Crippen LogP) is 2.00. The Hall–Kier alpha value is -1.39. The molecule has 78 valence electrons. The van der Waals surface area contributed by atoms with E-state index in [0.717, 1.165) is 10.4 Å². The van der Waals surface area contributed by atoms with E-state index in [2.05, 4.69) is 4.98 Å². The molecule has 0 fully saturated rings. The third-order valence-corrected chi connectivity index (χ3v) is 3.07. The van der Waals surface area contributed by atoms with Crippen LogP contribution in [0.15, 0.2) is 36.5 Å². The van der Waals surface area contributed by atoms with Crippen molar-refractivity contribution < 1.29 is 5.11 Å². The molecule has 1 heterocycles. The molecule has 1 atom stereocenters. The Morgan fingerprint density at radius 1 is 1.33 bits per heavy atom. The lowest BCUT2D eigenvalue weighted by Gasteiger charge is -2.07. The normalized spacial score (nSPS) is 12.6. The van der Waals surface area contributed by atoms with E-state index in [9.17, 15) is 5.11 Å². The van der Waals surface area contributed by atoms with E-state index in [1.54, 1.807) is 6.20 Å². The Bertz CT molecular complexity index is 427. The van der Waals surface area contributed by atoms with Gasteiger partial charge in [0.15, 0.2) is 5.13 Å². The van der Waals surface area contributed by atoms with Crippen LogP contribution in [0.2, 0.25) is 0 Å². The first kappa shape index (κ1) is 10.1. The lowest BCUT2D eigenvalue weighted by Crippen LogP contribution is -1.99. The summed E-state index contributed by atoms with van der Waals surface area (Å²) in [6.07, 6.45) is 1.72. The van der Waals surface area contributed by atoms with Gasteiger partial charge in [0, 0.05) is 12.6 Å². The Balaban J connectivity index is 2.07. The van der Waals surface area contributed by atoms with E-state index < -0.39 is 6.10 Å². The molecule has 0 aliphatic heterocycles. The number of aliphatic hydroxyl groups excluding tert-OH is 1. The van der Waals surface area contributed by atoms with Crippen molar-refractivity contribution in [2.45, 2.75) is 12.5 Å². The summed E-state index contributed by atoms with van der Waals surface area (Å²) in [7, 11) is 0. The second kappa shape index (κ2) is 4.42. The number of anilines is 1. The van der Waals surface area contributed by atoms with Gasteiger partial charge in [-0.25, -0.2) is 4.98 Å². The zero-order valence-corrected chi connectivity index (χ0v) is 8.95. The monoisotopic (exact) mass is 220 g/mol. The quantitative estimate of drug-likeness (QED) is 0.831. The molecule has 2 rings (SSSR count). The van der Waals surface area contributed by atoms with Crippen molar-refractivity contribution in [3.05, 3.63) is 47.0 Å². The number of nitrogens with zero attached hydrogens (tertiary/aromatic N) is 1. The fraction of sp³-hybridized carbons (Fsp3) is 0.182. The molecule has 1 unspecified atom stereocenters. The van der Waals surface area contributed by atoms with E-state index in [4.69, 9.17) is 5.73 Å². The van der Waals surface area contributed by atoms with Gasteiger partial charge < -0.3 is 10.8 Å². The van der Waals surface area contributed by atoms with Gasteiger partial charge in [-0.2, -0.15) is 0 Å². The van der Waals surface area contributed by atoms with Crippen LogP contribution in [0, 0.1) is 0 Å². The molecule has 0 spiro atoms. The Morgan fingerprint density at radius 2 is 2.07 bits per heavy atom. The smallest absolute Gasteiger partial charge is 0.180 e. The number of hydrogen-bond donors (Lipinski definition) is 2. The molecular formula is C11H12N2OS. The van der Waals surface area contributed by atoms with Gasteiger partial charge in [0.05, 0.1) is 11.0 Å². The second-order valence-electron chi connectivity index (χ2n) is 3.31. The number of aromatic nitrogens is 1. The zero-order chi connectivity index (χ0) is 10.7. The zero-order valence-electron chi connectivity index (χ0n) is 8.13. The molecule has 0 radical (unpaired) electrons. The first-order chi connectivity index (χ1) is 7.25. The maximum Gasteiger partial charge on any atom is 0.180 e. The molecular weight excluding hydrogens is 208 g/mol. The summed E-state index contributed by atoms with van der Waals surface area (Å²) >= 11 is 1.33. The molecule has 0 aliphatic rings. The minimum atomic E-state index is -0.512. The third kappa shape index (κ3) is 2.55. The molecule has 4 heteroatoms. The van der Waals surface area contributed by atoms with Crippen LogP contribution in [-0.4, -0.2) is 10.1 Å². The van der Waals surface area contributed by atoms with Gasteiger partial charge in [-0.1, -0.05) is 41.7 Å². The summed E-state index contributed by atoms with van der Waals surface area (Å²) in [4.78, 5) is 4.73. The van der Waals surface area contributed by atoms with Gasteiger partial charge >= 0.3 is 0 Å². The van der Waals surface area contributed by atoms with Crippen molar-refractivity contribution in [2.75, 3.05) is 5.73 Å². The van der Waals surface area contributed by atoms with Crippen molar-refractivity contribution in [3.8, 4) is 0 Å². The Morgan fingerprint density at radius 3 is 2.67 bits per heavy atom. The number of benzene rings is 1. The molecule has 0 bridgehead atoms. The number of hydrogen-bond acceptors (Lipinski definition) is 4. The second-order valence-corrected chi connectivity index (χ2v) is 4.40. The molecule has 0 amide bonds. The van der Waals surface area contributed by atoms with Crippen LogP contribution < -0.4 is 5.73 Å². The topological polar surface area (TPSA) is 59.1 Å². The van der Waals surface area contributed by atoms with E-state index in [0.29, 0.717) is 11.6 Å². The van der Waals surface area contributed by atoms with Gasteiger partial charge in [0.2, 0.25) is 0 Å². The number of rotatable bonds is 3. The summed E-state index contributed by atoms with van der Waals surface area (Å²) in [6.45, 7) is 0. The summed E-state index contributed by atoms with van der Waals surface area (Å²) in [5, 5.41) is 10.4. The fourth-order valence-electron chi connectivity index (χ4n) is 1.39. The molecule has 15 heavy (non-hydrogen) atoms. The van der Waals surface area contributed by atoms with Crippen molar-refractivity contribution in [3.63, 3.8) is 0 Å². The van der Waals surface area contributed by atoms with Crippen molar-refractivity contribution in [1.82, 2.24) is 4.98 Å². The van der Waals surface area contributed by atoms with Crippen LogP contribution in [0.5, 0.6) is 0 Å². The van der Waals surface area contributed by atoms with Crippen LogP contribution in [0.1, 0.15) is 16.5 Å². The van der Waals surface area contributed by atoms with Crippen molar-refractivity contribution in [1.29, 1.82) is 0 Å². The van der Waals surface area contributed by atoms with Crippen molar-refractivity contribution in [2.24, 2.45) is 0 Å². The average Bonchev–Trinajstić information content (AvgIpc) is 2.66. The highest BCUT2D eigenvalue weighted by molar-refractivity contribution is 7.15. The number of nitrogens with two attached hydrogens (primary N) is 1. The summed E-state index contributed by atoms with van der Waals surface area (Å²) in [6, 6.07) is 9.87. The molecule has 0 saturated carbocycles. The van der Waals surface area contributed by atoms with Gasteiger partial charge in [0.1, 0.15) is 0 Å². The Labute approximate surface area is 92.2 Å². The maximum absolute atomic E-state index is 9.90. The predicted molar refractivity (Wildman–Crippen MR) is 61.6 cm³/mol. The van der Waals surface area contributed by atoms with Gasteiger partial charge in [0.25, 0.3) is 0 Å². The third-order valence-electron chi connectivity index (χ3n) is 2.14. The molecule has 2 aromatic rings. The molecule has 1 aromatic heterocycles. The lowest BCUT2D eigenvalue weighted by atomic mass is 10.1. The molecule has 3 nitrogen and oxygen atoms in total. The van der Waals surface area contributed by atoms with Gasteiger partial charge in [-0.3, -0.25) is 0 Å². The Kier molecular flexibility index (Phi) is 2.99. The number of thiazole rings is 1. The molecule has 0 saturated heterocycles. The first-order valence-electron chi connectivity index (χ1n) is 4.69. The van der Waals surface area contributed by atoms with E-state index in [1.165, 1.54) is 11.3 Å². The fourth-order valence-corrected chi connectivity index (χ4v) is 2.06. The first-order valence-corrected chi connectivity index (χ1v) is 5.50. The van der Waals surface area contributed by atoms with Crippen LogP contribution in [-0.2, 0) is 6.42 Å². The summed E-state index contributed by atoms with van der Waals surface area (Å²) in [5.41, 5.74) is 6.61. The van der Waals surface area contributed by atoms with Crippen LogP contribution in [0.4, 0.5) is 5.13 Å². The van der Waals surface area contributed by atoms with Gasteiger partial charge in [-0.15, -0.1) is 0 Å². The highest BCUT2D eigenvalue weighted by Crippen LogP contribution is 2.24. The van der Waals surface area contributed by atoms with Crippen LogP contribution >= 0.6 is 11.3 Å². The van der Waals surface area contributed by atoms with E-state index in [1.807, 2.05) is 30.3 Å². The van der Waals surface area contributed by atoms with E-state index >= 15 is 0 Å². The summed E-state index contributed by atoms with van der Waals surface area (Å²) in [5.74, 6) is 0. The lowest BCUT2D eigenvalue weighted by molar-refractivity contribution is 0.182. The minimum Gasteiger partial charge on any atom is -0.387 e. The molecule has 3 N–H and O–H groups in total. The number of nitrogen functional groups attached to an aromatic ring is 1. The average molecular weight is 220 g/mol. The summed E-state index contributed by atoms with van der Waals surface area (Å²) < 4.78 is 0. The van der Waals surface area contributed by atoms with Gasteiger partial charge in [-0.05, 0) is 5.56 Å². The molecule has 0 aliphatic carbocycles. The SMILES string of the molecule is Nc1ncc(C(O)Cc2ccccc2)s1. The van der Waals surface area contributed by atoms with Crippen LogP contribution in [0.3, 0.4) is 0 Å². The minimum absolute atomic E-state index is 0.497. The van der Waals surface area contributed by atoms with Crippen molar-refractivity contribution >= 4 is 16.5 Å². The number of aliphatic hydroxyl groups is 1.